The first-order valence-electron chi connectivity index (χ1n) is 5.21. The van der Waals surface area contributed by atoms with Crippen LogP contribution in [0.3, 0.4) is 0 Å². The molecule has 0 amide bonds. The Morgan fingerprint density at radius 3 is 2.67 bits per heavy atom. The van der Waals surface area contributed by atoms with E-state index in [1.54, 1.807) is 18.2 Å². The number of halogens is 1. The third-order valence-corrected chi connectivity index (χ3v) is 2.50. The van der Waals surface area contributed by atoms with Crippen molar-refractivity contribution in [3.63, 3.8) is 0 Å². The molecule has 0 aliphatic carbocycles. The van der Waals surface area contributed by atoms with Crippen LogP contribution in [0.25, 0.3) is 11.3 Å². The lowest BCUT2D eigenvalue weighted by Gasteiger charge is -2.10. The fourth-order valence-corrected chi connectivity index (χ4v) is 1.73. The standard InChI is InChI=1S/C12H10FN3O2/c1-14-12-10(16(17)18)6-5-8(13)11(12)9-4-2-3-7-15-9/h2-7,14H,1H3. The van der Waals surface area contributed by atoms with E-state index in [1.165, 1.54) is 13.2 Å². The molecule has 0 fully saturated rings. The van der Waals surface area contributed by atoms with E-state index in [9.17, 15) is 14.5 Å². The first kappa shape index (κ1) is 12.0. The molecule has 0 aliphatic heterocycles. The Balaban J connectivity index is 2.73. The molecule has 92 valence electrons. The number of nitro benzene ring substituents is 1. The normalized spacial score (nSPS) is 10.1. The molecule has 0 saturated carbocycles. The molecule has 18 heavy (non-hydrogen) atoms. The van der Waals surface area contributed by atoms with Crippen LogP contribution in [0.2, 0.25) is 0 Å². The van der Waals surface area contributed by atoms with E-state index < -0.39 is 10.7 Å². The van der Waals surface area contributed by atoms with Gasteiger partial charge in [-0.25, -0.2) is 4.39 Å². The van der Waals surface area contributed by atoms with Crippen LogP contribution in [0.4, 0.5) is 15.8 Å². The van der Waals surface area contributed by atoms with Gasteiger partial charge in [0, 0.05) is 19.3 Å². The van der Waals surface area contributed by atoms with Crippen molar-refractivity contribution in [2.24, 2.45) is 0 Å². The minimum absolute atomic E-state index is 0.104. The van der Waals surface area contributed by atoms with Crippen LogP contribution in [-0.4, -0.2) is 17.0 Å². The molecule has 0 spiro atoms. The van der Waals surface area contributed by atoms with E-state index in [-0.39, 0.29) is 16.9 Å². The summed E-state index contributed by atoms with van der Waals surface area (Å²) in [6.07, 6.45) is 1.51. The van der Waals surface area contributed by atoms with E-state index in [1.807, 2.05) is 0 Å². The van der Waals surface area contributed by atoms with Crippen LogP contribution in [0.1, 0.15) is 0 Å². The maximum absolute atomic E-state index is 13.9. The van der Waals surface area contributed by atoms with Crippen LogP contribution in [0, 0.1) is 15.9 Å². The third-order valence-electron chi connectivity index (χ3n) is 2.50. The van der Waals surface area contributed by atoms with Crippen molar-refractivity contribution in [2.75, 3.05) is 12.4 Å². The average Bonchev–Trinajstić information content (AvgIpc) is 2.38. The summed E-state index contributed by atoms with van der Waals surface area (Å²) < 4.78 is 13.9. The minimum Gasteiger partial charge on any atom is -0.382 e. The van der Waals surface area contributed by atoms with Crippen LogP contribution < -0.4 is 5.32 Å². The summed E-state index contributed by atoms with van der Waals surface area (Å²) in [6.45, 7) is 0. The summed E-state index contributed by atoms with van der Waals surface area (Å²) in [7, 11) is 1.51. The van der Waals surface area contributed by atoms with Crippen molar-refractivity contribution in [1.29, 1.82) is 0 Å². The van der Waals surface area contributed by atoms with E-state index >= 15 is 0 Å². The quantitative estimate of drug-likeness (QED) is 0.668. The Labute approximate surface area is 102 Å². The molecule has 1 N–H and O–H groups in total. The molecule has 0 aliphatic rings. The Morgan fingerprint density at radius 2 is 2.11 bits per heavy atom. The number of nitrogens with zero attached hydrogens (tertiary/aromatic N) is 2. The molecule has 2 aromatic rings. The molecule has 1 aromatic heterocycles. The van der Waals surface area contributed by atoms with Gasteiger partial charge in [0.1, 0.15) is 11.5 Å². The largest absolute Gasteiger partial charge is 0.382 e. The molecule has 0 unspecified atom stereocenters. The smallest absolute Gasteiger partial charge is 0.293 e. The second-order valence-corrected chi connectivity index (χ2v) is 3.54. The van der Waals surface area contributed by atoms with Crippen molar-refractivity contribution >= 4 is 11.4 Å². The lowest BCUT2D eigenvalue weighted by Crippen LogP contribution is -2.01. The fourth-order valence-electron chi connectivity index (χ4n) is 1.73. The highest BCUT2D eigenvalue weighted by molar-refractivity contribution is 5.83. The Hall–Kier alpha value is -2.50. The van der Waals surface area contributed by atoms with Gasteiger partial charge in [0.25, 0.3) is 5.69 Å². The maximum Gasteiger partial charge on any atom is 0.293 e. The van der Waals surface area contributed by atoms with Crippen molar-refractivity contribution in [1.82, 2.24) is 4.98 Å². The zero-order valence-electron chi connectivity index (χ0n) is 9.55. The van der Waals surface area contributed by atoms with Gasteiger partial charge < -0.3 is 5.32 Å². The van der Waals surface area contributed by atoms with Gasteiger partial charge in [0.2, 0.25) is 0 Å². The lowest BCUT2D eigenvalue weighted by atomic mass is 10.1. The van der Waals surface area contributed by atoms with E-state index in [0.717, 1.165) is 12.1 Å². The summed E-state index contributed by atoms with van der Waals surface area (Å²) >= 11 is 0. The summed E-state index contributed by atoms with van der Waals surface area (Å²) in [4.78, 5) is 14.4. The van der Waals surface area contributed by atoms with Crippen LogP contribution in [-0.2, 0) is 0 Å². The minimum atomic E-state index is -0.558. The fraction of sp³-hybridized carbons (Fsp3) is 0.0833. The molecule has 2 rings (SSSR count). The number of anilines is 1. The second-order valence-electron chi connectivity index (χ2n) is 3.54. The highest BCUT2D eigenvalue weighted by Crippen LogP contribution is 2.36. The second kappa shape index (κ2) is 4.79. The Bertz CT molecular complexity index is 587. The highest BCUT2D eigenvalue weighted by Gasteiger charge is 2.21. The number of rotatable bonds is 3. The van der Waals surface area contributed by atoms with Gasteiger partial charge in [-0.3, -0.25) is 15.1 Å². The van der Waals surface area contributed by atoms with Gasteiger partial charge in [-0.05, 0) is 18.2 Å². The number of pyridine rings is 1. The van der Waals surface area contributed by atoms with Crippen LogP contribution in [0.5, 0.6) is 0 Å². The predicted molar refractivity (Wildman–Crippen MR) is 65.8 cm³/mol. The number of nitrogens with one attached hydrogen (secondary N) is 1. The molecule has 0 bridgehead atoms. The molecule has 5 nitrogen and oxygen atoms in total. The topological polar surface area (TPSA) is 68.1 Å². The Kier molecular flexibility index (Phi) is 3.18. The SMILES string of the molecule is CNc1c([N+](=O)[O-])ccc(F)c1-c1ccccn1. The molecule has 1 aromatic carbocycles. The zero-order chi connectivity index (χ0) is 13.1. The number of benzene rings is 1. The molecular weight excluding hydrogens is 237 g/mol. The molecule has 0 radical (unpaired) electrons. The molecule has 1 heterocycles. The van der Waals surface area contributed by atoms with Gasteiger partial charge in [-0.1, -0.05) is 6.07 Å². The van der Waals surface area contributed by atoms with Gasteiger partial charge in [-0.15, -0.1) is 0 Å². The number of aromatic nitrogens is 1. The van der Waals surface area contributed by atoms with Crippen molar-refractivity contribution in [3.05, 3.63) is 52.5 Å². The maximum atomic E-state index is 13.9. The van der Waals surface area contributed by atoms with Crippen molar-refractivity contribution in [2.45, 2.75) is 0 Å². The molecule has 0 atom stereocenters. The number of hydrogen-bond donors (Lipinski definition) is 1. The molecule has 6 heteroatoms. The van der Waals surface area contributed by atoms with Gasteiger partial charge >= 0.3 is 0 Å². The molecule has 0 saturated heterocycles. The van der Waals surface area contributed by atoms with E-state index in [0.29, 0.717) is 5.69 Å². The van der Waals surface area contributed by atoms with Gasteiger partial charge in [0.05, 0.1) is 16.2 Å². The van der Waals surface area contributed by atoms with Crippen LogP contribution in [0.15, 0.2) is 36.5 Å². The number of nitro groups is 1. The van der Waals surface area contributed by atoms with E-state index in [2.05, 4.69) is 10.3 Å². The molecular formula is C12H10FN3O2. The summed E-state index contributed by atoms with van der Waals surface area (Å²) in [5, 5.41) is 13.6. The summed E-state index contributed by atoms with van der Waals surface area (Å²) in [5.41, 5.74) is 0.397. The Morgan fingerprint density at radius 1 is 1.33 bits per heavy atom. The monoisotopic (exact) mass is 247 g/mol. The third kappa shape index (κ3) is 2.00. The van der Waals surface area contributed by atoms with Gasteiger partial charge in [-0.2, -0.15) is 0 Å². The zero-order valence-corrected chi connectivity index (χ0v) is 9.55. The average molecular weight is 247 g/mol. The van der Waals surface area contributed by atoms with Crippen LogP contribution >= 0.6 is 0 Å². The van der Waals surface area contributed by atoms with E-state index in [4.69, 9.17) is 0 Å². The van der Waals surface area contributed by atoms with Crippen molar-refractivity contribution < 1.29 is 9.31 Å². The lowest BCUT2D eigenvalue weighted by molar-refractivity contribution is -0.383. The summed E-state index contributed by atoms with van der Waals surface area (Å²) in [5.74, 6) is -0.552. The first-order chi connectivity index (χ1) is 8.65. The number of hydrogen-bond acceptors (Lipinski definition) is 4. The first-order valence-corrected chi connectivity index (χ1v) is 5.21. The van der Waals surface area contributed by atoms with Crippen molar-refractivity contribution in [3.8, 4) is 11.3 Å². The highest BCUT2D eigenvalue weighted by atomic mass is 19.1. The van der Waals surface area contributed by atoms with Gasteiger partial charge in [0.15, 0.2) is 0 Å². The predicted octanol–water partition coefficient (Wildman–Crippen LogP) is 2.84. The summed E-state index contributed by atoms with van der Waals surface area (Å²) in [6, 6.07) is 7.19.